The van der Waals surface area contributed by atoms with Gasteiger partial charge in [0.15, 0.2) is 0 Å². The highest BCUT2D eigenvalue weighted by Crippen LogP contribution is 2.27. The highest BCUT2D eigenvalue weighted by molar-refractivity contribution is 5.93. The number of rotatable bonds is 5. The van der Waals surface area contributed by atoms with Gasteiger partial charge >= 0.3 is 0 Å². The van der Waals surface area contributed by atoms with Crippen LogP contribution in [0.2, 0.25) is 0 Å². The minimum absolute atomic E-state index is 0.0249. The van der Waals surface area contributed by atoms with Gasteiger partial charge in [0.2, 0.25) is 0 Å². The second-order valence-corrected chi connectivity index (χ2v) is 7.96. The Labute approximate surface area is 181 Å². The summed E-state index contributed by atoms with van der Waals surface area (Å²) in [4.78, 5) is 37.4. The first-order chi connectivity index (χ1) is 15.0. The van der Waals surface area contributed by atoms with Crippen molar-refractivity contribution >= 4 is 11.8 Å². The predicted octanol–water partition coefficient (Wildman–Crippen LogP) is 2.80. The number of aromatic nitrogens is 4. The molecule has 8 heteroatoms. The lowest BCUT2D eigenvalue weighted by Gasteiger charge is -2.31. The molecule has 1 fully saturated rings. The number of H-pyrrole nitrogens is 1. The first-order valence-corrected chi connectivity index (χ1v) is 10.4. The fourth-order valence-corrected chi connectivity index (χ4v) is 3.89. The van der Waals surface area contributed by atoms with E-state index in [9.17, 15) is 9.59 Å². The molecule has 0 unspecified atom stereocenters. The van der Waals surface area contributed by atoms with Gasteiger partial charge in [0.1, 0.15) is 5.69 Å². The highest BCUT2D eigenvalue weighted by atomic mass is 16.2. The molecular formula is C23H26N6O2. The third-order valence-corrected chi connectivity index (χ3v) is 5.62. The number of amides is 2. The summed E-state index contributed by atoms with van der Waals surface area (Å²) in [5.41, 5.74) is 3.80. The van der Waals surface area contributed by atoms with Gasteiger partial charge in [-0.2, -0.15) is 5.10 Å². The number of aromatic amines is 1. The molecule has 0 saturated carbocycles. The molecule has 4 heterocycles. The van der Waals surface area contributed by atoms with E-state index in [1.54, 1.807) is 36.5 Å². The molecule has 1 N–H and O–H groups in total. The number of pyridine rings is 2. The zero-order chi connectivity index (χ0) is 21.8. The van der Waals surface area contributed by atoms with Crippen molar-refractivity contribution in [1.82, 2.24) is 30.0 Å². The Morgan fingerprint density at radius 2 is 1.97 bits per heavy atom. The summed E-state index contributed by atoms with van der Waals surface area (Å²) >= 11 is 0. The molecule has 8 nitrogen and oxygen atoms in total. The molecule has 0 aliphatic carbocycles. The summed E-state index contributed by atoms with van der Waals surface area (Å²) in [6.45, 7) is 3.72. The van der Waals surface area contributed by atoms with E-state index in [0.717, 1.165) is 29.9 Å². The maximum atomic E-state index is 12.7. The van der Waals surface area contributed by atoms with Gasteiger partial charge in [-0.25, -0.2) is 0 Å². The lowest BCUT2D eigenvalue weighted by Crippen LogP contribution is -2.38. The fraction of sp³-hybridized carbons (Fsp3) is 0.348. The van der Waals surface area contributed by atoms with Crippen LogP contribution in [-0.4, -0.2) is 61.9 Å². The van der Waals surface area contributed by atoms with Crippen LogP contribution >= 0.6 is 0 Å². The molecule has 0 radical (unpaired) electrons. The van der Waals surface area contributed by atoms with Gasteiger partial charge in [-0.1, -0.05) is 6.07 Å². The molecule has 4 rings (SSSR count). The molecule has 1 aliphatic rings. The van der Waals surface area contributed by atoms with Crippen molar-refractivity contribution in [2.24, 2.45) is 0 Å². The maximum Gasteiger partial charge on any atom is 0.272 e. The fourth-order valence-electron chi connectivity index (χ4n) is 3.89. The van der Waals surface area contributed by atoms with Crippen LogP contribution in [0.1, 0.15) is 56.7 Å². The van der Waals surface area contributed by atoms with Crippen LogP contribution in [0.3, 0.4) is 0 Å². The Kier molecular flexibility index (Phi) is 6.06. The van der Waals surface area contributed by atoms with E-state index in [4.69, 9.17) is 0 Å². The summed E-state index contributed by atoms with van der Waals surface area (Å²) in [6.07, 6.45) is 4.98. The molecular weight excluding hydrogens is 392 g/mol. The van der Waals surface area contributed by atoms with Gasteiger partial charge in [0.25, 0.3) is 11.8 Å². The Hall–Kier alpha value is -3.55. The number of carbonyl (C=O) groups is 2. The van der Waals surface area contributed by atoms with Crippen LogP contribution in [0.25, 0.3) is 0 Å². The highest BCUT2D eigenvalue weighted by Gasteiger charge is 2.26. The van der Waals surface area contributed by atoms with Crippen LogP contribution in [-0.2, 0) is 6.54 Å². The summed E-state index contributed by atoms with van der Waals surface area (Å²) in [7, 11) is 1.76. The van der Waals surface area contributed by atoms with E-state index < -0.39 is 0 Å². The van der Waals surface area contributed by atoms with Gasteiger partial charge in [-0.05, 0) is 50.1 Å². The zero-order valence-corrected chi connectivity index (χ0v) is 17.8. The lowest BCUT2D eigenvalue weighted by molar-refractivity contribution is 0.0705. The van der Waals surface area contributed by atoms with Gasteiger partial charge < -0.3 is 9.80 Å². The average molecular weight is 419 g/mol. The monoisotopic (exact) mass is 418 g/mol. The topological polar surface area (TPSA) is 95.1 Å². The SMILES string of the molecule is Cc1cc(CN(C)C(=O)c2ccc(C3CCN(C(=O)c4ccccn4)CC3)nc2)n[nH]1. The van der Waals surface area contributed by atoms with Gasteiger partial charge in [-0.3, -0.25) is 24.7 Å². The van der Waals surface area contributed by atoms with Gasteiger partial charge in [-0.15, -0.1) is 0 Å². The van der Waals surface area contributed by atoms with Gasteiger partial charge in [0, 0.05) is 49.8 Å². The molecule has 2 amide bonds. The van der Waals surface area contributed by atoms with Crippen LogP contribution in [0.5, 0.6) is 0 Å². The first kappa shape index (κ1) is 20.7. The lowest BCUT2D eigenvalue weighted by atomic mass is 9.92. The van der Waals surface area contributed by atoms with E-state index in [-0.39, 0.29) is 17.7 Å². The molecule has 1 saturated heterocycles. The van der Waals surface area contributed by atoms with Crippen molar-refractivity contribution in [1.29, 1.82) is 0 Å². The molecule has 1 aliphatic heterocycles. The Balaban J connectivity index is 1.33. The zero-order valence-electron chi connectivity index (χ0n) is 17.8. The standard InChI is InChI=1S/C23H26N6O2/c1-16-13-19(27-26-16)15-28(2)22(30)18-6-7-20(25-14-18)17-8-11-29(12-9-17)23(31)21-5-3-4-10-24-21/h3-7,10,13-14,17H,8-9,11-12,15H2,1-2H3,(H,26,27). The van der Waals surface area contributed by atoms with Crippen molar-refractivity contribution in [3.8, 4) is 0 Å². The number of nitrogens with zero attached hydrogens (tertiary/aromatic N) is 5. The third-order valence-electron chi connectivity index (χ3n) is 5.62. The van der Waals surface area contributed by atoms with Crippen molar-refractivity contribution < 1.29 is 9.59 Å². The predicted molar refractivity (Wildman–Crippen MR) is 115 cm³/mol. The third kappa shape index (κ3) is 4.79. The van der Waals surface area contributed by atoms with Crippen molar-refractivity contribution in [3.05, 3.63) is 77.1 Å². The smallest absolute Gasteiger partial charge is 0.272 e. The molecule has 3 aromatic rings. The summed E-state index contributed by atoms with van der Waals surface area (Å²) < 4.78 is 0. The number of carbonyl (C=O) groups excluding carboxylic acids is 2. The van der Waals surface area contributed by atoms with E-state index >= 15 is 0 Å². The normalized spacial score (nSPS) is 14.5. The Bertz CT molecular complexity index is 1040. The number of hydrogen-bond acceptors (Lipinski definition) is 5. The van der Waals surface area contributed by atoms with Crippen LogP contribution in [0.4, 0.5) is 0 Å². The molecule has 0 spiro atoms. The summed E-state index contributed by atoms with van der Waals surface area (Å²) in [5.74, 6) is 0.167. The quantitative estimate of drug-likeness (QED) is 0.687. The molecule has 160 valence electrons. The van der Waals surface area contributed by atoms with Crippen molar-refractivity contribution in [2.75, 3.05) is 20.1 Å². The molecule has 0 atom stereocenters. The largest absolute Gasteiger partial charge is 0.337 e. The van der Waals surface area contributed by atoms with Crippen LogP contribution in [0.15, 0.2) is 48.8 Å². The van der Waals surface area contributed by atoms with E-state index in [0.29, 0.717) is 30.9 Å². The second kappa shape index (κ2) is 9.07. The molecule has 0 bridgehead atoms. The molecule has 3 aromatic heterocycles. The molecule has 31 heavy (non-hydrogen) atoms. The Morgan fingerprint density at radius 1 is 1.16 bits per heavy atom. The van der Waals surface area contributed by atoms with Crippen molar-refractivity contribution in [2.45, 2.75) is 32.2 Å². The van der Waals surface area contributed by atoms with Crippen molar-refractivity contribution in [3.63, 3.8) is 0 Å². The van der Waals surface area contributed by atoms with Gasteiger partial charge in [0.05, 0.1) is 17.8 Å². The Morgan fingerprint density at radius 3 is 2.58 bits per heavy atom. The number of nitrogens with one attached hydrogen (secondary N) is 1. The maximum absolute atomic E-state index is 12.7. The van der Waals surface area contributed by atoms with E-state index in [2.05, 4.69) is 20.2 Å². The van der Waals surface area contributed by atoms with E-state index in [1.165, 1.54) is 0 Å². The summed E-state index contributed by atoms with van der Waals surface area (Å²) in [6, 6.07) is 11.1. The number of aryl methyl sites for hydroxylation is 1. The minimum Gasteiger partial charge on any atom is -0.337 e. The summed E-state index contributed by atoms with van der Waals surface area (Å²) in [5, 5.41) is 7.07. The number of likely N-dealkylation sites (tertiary alicyclic amines) is 1. The first-order valence-electron chi connectivity index (χ1n) is 10.4. The number of piperidine rings is 1. The van der Waals surface area contributed by atoms with E-state index in [1.807, 2.05) is 36.1 Å². The van der Waals surface area contributed by atoms with Crippen LogP contribution in [0, 0.1) is 6.92 Å². The van der Waals surface area contributed by atoms with Crippen LogP contribution < -0.4 is 0 Å². The average Bonchev–Trinajstić information content (AvgIpc) is 3.23. The minimum atomic E-state index is -0.0875. The number of hydrogen-bond donors (Lipinski definition) is 1. The molecule has 0 aromatic carbocycles. The second-order valence-electron chi connectivity index (χ2n) is 7.96.